The Balaban J connectivity index is 1.60. The smallest absolute Gasteiger partial charge is 0.228 e. The van der Waals surface area contributed by atoms with Gasteiger partial charge in [-0.15, -0.1) is 0 Å². The van der Waals surface area contributed by atoms with Crippen LogP contribution in [0.25, 0.3) is 16.6 Å². The summed E-state index contributed by atoms with van der Waals surface area (Å²) >= 11 is 6.45. The Morgan fingerprint density at radius 1 is 1.19 bits per heavy atom. The highest BCUT2D eigenvalue weighted by atomic mass is 35.5. The fraction of sp³-hybridized carbons (Fsp3) is 0.190. The Bertz CT molecular complexity index is 1440. The second kappa shape index (κ2) is 7.65. The molecule has 0 unspecified atom stereocenters. The molecule has 0 amide bonds. The van der Waals surface area contributed by atoms with E-state index in [0.717, 1.165) is 28.1 Å². The maximum atomic E-state index is 6.45. The number of imidazole rings is 1. The van der Waals surface area contributed by atoms with Crippen molar-refractivity contribution in [1.82, 2.24) is 34.1 Å². The third kappa shape index (κ3) is 3.44. The van der Waals surface area contributed by atoms with Crippen LogP contribution < -0.4 is 16.0 Å². The summed E-state index contributed by atoms with van der Waals surface area (Å²) in [6.45, 7) is 2.02. The van der Waals surface area contributed by atoms with Crippen LogP contribution in [-0.4, -0.2) is 41.2 Å². The van der Waals surface area contributed by atoms with Crippen molar-refractivity contribution in [1.29, 1.82) is 0 Å². The number of para-hydroxylation sites is 1. The second-order valence-electron chi connectivity index (χ2n) is 7.54. The minimum atomic E-state index is -0.197. The largest absolute Gasteiger partial charge is 0.368 e. The lowest BCUT2D eigenvalue weighted by Crippen LogP contribution is -2.19. The molecule has 1 aromatic carbocycles. The van der Waals surface area contributed by atoms with Gasteiger partial charge in [0.1, 0.15) is 5.82 Å². The van der Waals surface area contributed by atoms with E-state index in [4.69, 9.17) is 22.3 Å². The van der Waals surface area contributed by atoms with E-state index in [1.54, 1.807) is 18.6 Å². The Morgan fingerprint density at radius 3 is 2.81 bits per heavy atom. The number of halogens is 1. The quantitative estimate of drug-likeness (QED) is 0.419. The summed E-state index contributed by atoms with van der Waals surface area (Å²) < 4.78 is 3.37. The minimum absolute atomic E-state index is 0.197. The van der Waals surface area contributed by atoms with Gasteiger partial charge >= 0.3 is 0 Å². The predicted octanol–water partition coefficient (Wildman–Crippen LogP) is 3.58. The molecule has 10 nitrogen and oxygen atoms in total. The van der Waals surface area contributed by atoms with Gasteiger partial charge in [0.25, 0.3) is 0 Å². The number of hydrogen-bond acceptors (Lipinski definition) is 8. The standard InChI is InChI=1S/C21H21ClN10/c1-12(26-21-27-16-7-8-25-32(16)20(23)29-21)14-9-13-5-4-6-15(22)18(13)28-19(14)31(3)17-10-30(2)11-24-17/h4-12H,1-3H3,(H3,23,26,27,29)/t12-/m0/s1. The number of aromatic nitrogens is 7. The average molecular weight is 449 g/mol. The van der Waals surface area contributed by atoms with E-state index in [-0.39, 0.29) is 12.0 Å². The number of aryl methyl sites for hydroxylation is 1. The number of benzene rings is 1. The van der Waals surface area contributed by atoms with Crippen LogP contribution in [-0.2, 0) is 7.05 Å². The van der Waals surface area contributed by atoms with E-state index in [1.165, 1.54) is 4.52 Å². The number of hydrogen-bond donors (Lipinski definition) is 2. The molecule has 0 bridgehead atoms. The number of nitrogen functional groups attached to an aromatic ring is 1. The van der Waals surface area contributed by atoms with Crippen LogP contribution >= 0.6 is 11.6 Å². The van der Waals surface area contributed by atoms with Crippen molar-refractivity contribution in [3.63, 3.8) is 0 Å². The SMILES string of the molecule is C[C@H](Nc1nc(N)n2nccc2n1)c1cc2cccc(Cl)c2nc1N(C)c1cn(C)cn1. The van der Waals surface area contributed by atoms with Crippen LogP contribution in [0, 0.1) is 0 Å². The predicted molar refractivity (Wildman–Crippen MR) is 125 cm³/mol. The van der Waals surface area contributed by atoms with Gasteiger partial charge in [0.15, 0.2) is 11.5 Å². The summed E-state index contributed by atoms with van der Waals surface area (Å²) in [5, 5.41) is 8.98. The zero-order chi connectivity index (χ0) is 22.4. The average Bonchev–Trinajstić information content (AvgIpc) is 3.42. The van der Waals surface area contributed by atoms with Crippen molar-refractivity contribution in [3.8, 4) is 0 Å². The molecule has 0 fully saturated rings. The third-order valence-corrected chi connectivity index (χ3v) is 5.56. The molecule has 0 aliphatic heterocycles. The van der Waals surface area contributed by atoms with E-state index in [9.17, 15) is 0 Å². The molecule has 11 heteroatoms. The molecular formula is C21H21ClN10. The highest BCUT2D eigenvalue weighted by Gasteiger charge is 2.21. The first-order chi connectivity index (χ1) is 15.4. The summed E-state index contributed by atoms with van der Waals surface area (Å²) in [6.07, 6.45) is 5.31. The third-order valence-electron chi connectivity index (χ3n) is 5.25. The topological polar surface area (TPSA) is 115 Å². The number of anilines is 4. The molecule has 4 heterocycles. The molecule has 32 heavy (non-hydrogen) atoms. The molecule has 1 atom stereocenters. The van der Waals surface area contributed by atoms with Crippen LogP contribution in [0.4, 0.5) is 23.5 Å². The molecule has 0 saturated heterocycles. The first-order valence-electron chi connectivity index (χ1n) is 9.95. The van der Waals surface area contributed by atoms with Gasteiger partial charge in [-0.25, -0.2) is 9.97 Å². The number of rotatable bonds is 5. The summed E-state index contributed by atoms with van der Waals surface area (Å²) in [4.78, 5) is 20.1. The van der Waals surface area contributed by atoms with Crippen LogP contribution in [0.2, 0.25) is 5.02 Å². The molecule has 0 saturated carbocycles. The second-order valence-corrected chi connectivity index (χ2v) is 7.95. The van der Waals surface area contributed by atoms with Crippen molar-refractivity contribution in [3.05, 3.63) is 59.6 Å². The fourth-order valence-corrected chi connectivity index (χ4v) is 3.84. The molecule has 0 spiro atoms. The molecular weight excluding hydrogens is 428 g/mol. The molecule has 0 radical (unpaired) electrons. The Hall–Kier alpha value is -3.92. The summed E-state index contributed by atoms with van der Waals surface area (Å²) in [7, 11) is 3.85. The molecule has 5 rings (SSSR count). The van der Waals surface area contributed by atoms with Crippen LogP contribution in [0.1, 0.15) is 18.5 Å². The van der Waals surface area contributed by atoms with Crippen molar-refractivity contribution in [2.45, 2.75) is 13.0 Å². The van der Waals surface area contributed by atoms with Gasteiger partial charge in [0.2, 0.25) is 11.9 Å². The van der Waals surface area contributed by atoms with E-state index in [2.05, 4.69) is 31.4 Å². The molecule has 0 aliphatic carbocycles. The summed E-state index contributed by atoms with van der Waals surface area (Å²) in [5.74, 6) is 2.15. The highest BCUT2D eigenvalue weighted by Crippen LogP contribution is 2.34. The number of nitrogens with one attached hydrogen (secondary N) is 1. The Kier molecular flexibility index (Phi) is 4.78. The monoisotopic (exact) mass is 448 g/mol. The number of nitrogens with zero attached hydrogens (tertiary/aromatic N) is 8. The number of nitrogens with two attached hydrogens (primary N) is 1. The lowest BCUT2D eigenvalue weighted by atomic mass is 10.1. The summed E-state index contributed by atoms with van der Waals surface area (Å²) in [6, 6.07) is 9.38. The van der Waals surface area contributed by atoms with Crippen LogP contribution in [0.15, 0.2) is 49.1 Å². The Morgan fingerprint density at radius 2 is 2.03 bits per heavy atom. The molecule has 4 aromatic heterocycles. The fourth-order valence-electron chi connectivity index (χ4n) is 3.62. The van der Waals surface area contributed by atoms with E-state index in [1.807, 2.05) is 54.9 Å². The molecule has 5 aromatic rings. The van der Waals surface area contributed by atoms with Crippen LogP contribution in [0.5, 0.6) is 0 Å². The lowest BCUT2D eigenvalue weighted by Gasteiger charge is -2.24. The van der Waals surface area contributed by atoms with Gasteiger partial charge < -0.3 is 20.5 Å². The zero-order valence-electron chi connectivity index (χ0n) is 17.7. The number of fused-ring (bicyclic) bond motifs is 2. The normalized spacial score (nSPS) is 12.4. The Labute approximate surface area is 188 Å². The highest BCUT2D eigenvalue weighted by molar-refractivity contribution is 6.35. The molecule has 162 valence electrons. The zero-order valence-corrected chi connectivity index (χ0v) is 18.5. The van der Waals surface area contributed by atoms with Crippen molar-refractivity contribution < 1.29 is 0 Å². The maximum absolute atomic E-state index is 6.45. The minimum Gasteiger partial charge on any atom is -0.368 e. The van der Waals surface area contributed by atoms with E-state index in [0.29, 0.717) is 16.6 Å². The maximum Gasteiger partial charge on any atom is 0.228 e. The van der Waals surface area contributed by atoms with Gasteiger partial charge in [-0.05, 0) is 19.1 Å². The molecule has 0 aliphatic rings. The van der Waals surface area contributed by atoms with Crippen molar-refractivity contribution in [2.24, 2.45) is 7.05 Å². The number of pyridine rings is 1. The van der Waals surface area contributed by atoms with Gasteiger partial charge in [-0.3, -0.25) is 0 Å². The summed E-state index contributed by atoms with van der Waals surface area (Å²) in [5.41, 5.74) is 8.30. The lowest BCUT2D eigenvalue weighted by molar-refractivity contribution is 0.837. The molecule has 3 N–H and O–H groups in total. The van der Waals surface area contributed by atoms with Gasteiger partial charge in [-0.1, -0.05) is 23.7 Å². The van der Waals surface area contributed by atoms with Gasteiger partial charge in [0, 0.05) is 37.3 Å². The van der Waals surface area contributed by atoms with Gasteiger partial charge in [-0.2, -0.15) is 19.6 Å². The van der Waals surface area contributed by atoms with Gasteiger partial charge in [0.05, 0.1) is 29.1 Å². The van der Waals surface area contributed by atoms with Crippen molar-refractivity contribution >= 4 is 51.7 Å². The van der Waals surface area contributed by atoms with E-state index < -0.39 is 0 Å². The first kappa shape index (κ1) is 20.0. The van der Waals surface area contributed by atoms with Crippen LogP contribution in [0.3, 0.4) is 0 Å². The van der Waals surface area contributed by atoms with Crippen molar-refractivity contribution in [2.75, 3.05) is 23.0 Å². The first-order valence-corrected chi connectivity index (χ1v) is 10.3. The van der Waals surface area contributed by atoms with E-state index >= 15 is 0 Å².